The number of para-hydroxylation sites is 2. The highest BCUT2D eigenvalue weighted by Gasteiger charge is 2.09. The van der Waals surface area contributed by atoms with E-state index in [1.54, 1.807) is 19.4 Å². The fourth-order valence-electron chi connectivity index (χ4n) is 1.65. The predicted molar refractivity (Wildman–Crippen MR) is 75.1 cm³/mol. The van der Waals surface area contributed by atoms with Gasteiger partial charge in [-0.15, -0.1) is 0 Å². The minimum absolute atomic E-state index is 0.367. The third-order valence-electron chi connectivity index (χ3n) is 2.52. The molecule has 1 aromatic heterocycles. The second kappa shape index (κ2) is 6.41. The molecular weight excluding hydrogens is 264 g/mol. The molecule has 0 spiro atoms. The Hall–Kier alpha value is -1.78. The summed E-state index contributed by atoms with van der Waals surface area (Å²) < 4.78 is 10.9. The van der Waals surface area contributed by atoms with Gasteiger partial charge in [-0.1, -0.05) is 23.7 Å². The van der Waals surface area contributed by atoms with Crippen molar-refractivity contribution in [2.24, 2.45) is 0 Å². The second-order valence-corrected chi connectivity index (χ2v) is 4.32. The van der Waals surface area contributed by atoms with Crippen molar-refractivity contribution in [3.8, 4) is 17.4 Å². The van der Waals surface area contributed by atoms with Crippen LogP contribution in [0.15, 0.2) is 36.5 Å². The summed E-state index contributed by atoms with van der Waals surface area (Å²) in [4.78, 5) is 4.22. The molecule has 0 aliphatic rings. The van der Waals surface area contributed by atoms with Crippen molar-refractivity contribution in [2.75, 3.05) is 14.2 Å². The van der Waals surface area contributed by atoms with Gasteiger partial charge in [-0.2, -0.15) is 0 Å². The Bertz CT molecular complexity index is 561. The number of nitrogens with one attached hydrogen (secondary N) is 1. The smallest absolute Gasteiger partial charge is 0.238 e. The van der Waals surface area contributed by atoms with Crippen LogP contribution in [0.3, 0.4) is 0 Å². The van der Waals surface area contributed by atoms with E-state index in [1.807, 2.05) is 31.3 Å². The van der Waals surface area contributed by atoms with Crippen molar-refractivity contribution in [3.63, 3.8) is 0 Å². The first-order valence-corrected chi connectivity index (χ1v) is 6.22. The van der Waals surface area contributed by atoms with Gasteiger partial charge in [0.25, 0.3) is 0 Å². The Labute approximate surface area is 117 Å². The van der Waals surface area contributed by atoms with Crippen molar-refractivity contribution < 1.29 is 9.47 Å². The number of pyridine rings is 1. The summed E-state index contributed by atoms with van der Waals surface area (Å²) in [5, 5.41) is 3.51. The van der Waals surface area contributed by atoms with Gasteiger partial charge in [0.2, 0.25) is 5.88 Å². The van der Waals surface area contributed by atoms with E-state index in [-0.39, 0.29) is 0 Å². The lowest BCUT2D eigenvalue weighted by Crippen LogP contribution is -2.05. The number of ether oxygens (including phenoxy) is 2. The number of hydrogen-bond acceptors (Lipinski definition) is 4. The van der Waals surface area contributed by atoms with Crippen LogP contribution in [0.4, 0.5) is 0 Å². The Balaban J connectivity index is 2.23. The number of methoxy groups -OCH3 is 1. The molecule has 2 aromatic rings. The van der Waals surface area contributed by atoms with Crippen LogP contribution >= 0.6 is 11.6 Å². The van der Waals surface area contributed by atoms with E-state index in [1.165, 1.54) is 0 Å². The van der Waals surface area contributed by atoms with E-state index in [2.05, 4.69) is 10.3 Å². The average Bonchev–Trinajstić information content (AvgIpc) is 2.43. The Morgan fingerprint density at radius 3 is 2.63 bits per heavy atom. The van der Waals surface area contributed by atoms with Gasteiger partial charge in [0.1, 0.15) is 5.02 Å². The third kappa shape index (κ3) is 3.36. The number of hydrogen-bond donors (Lipinski definition) is 1. The summed E-state index contributed by atoms with van der Waals surface area (Å²) in [5.41, 5.74) is 1.000. The zero-order valence-electron chi connectivity index (χ0n) is 10.8. The largest absolute Gasteiger partial charge is 0.493 e. The summed E-state index contributed by atoms with van der Waals surface area (Å²) in [7, 11) is 3.46. The highest BCUT2D eigenvalue weighted by atomic mass is 35.5. The molecule has 0 atom stereocenters. The number of nitrogens with zero attached hydrogens (tertiary/aromatic N) is 1. The summed E-state index contributed by atoms with van der Waals surface area (Å²) in [6.07, 6.45) is 1.73. The van der Waals surface area contributed by atoms with Gasteiger partial charge in [0.05, 0.1) is 7.11 Å². The molecule has 4 nitrogen and oxygen atoms in total. The van der Waals surface area contributed by atoms with Gasteiger partial charge in [-0.3, -0.25) is 0 Å². The average molecular weight is 279 g/mol. The van der Waals surface area contributed by atoms with E-state index in [4.69, 9.17) is 21.1 Å². The monoisotopic (exact) mass is 278 g/mol. The molecule has 5 heteroatoms. The Kier molecular flexibility index (Phi) is 4.60. The molecule has 19 heavy (non-hydrogen) atoms. The lowest BCUT2D eigenvalue weighted by atomic mass is 10.3. The van der Waals surface area contributed by atoms with Crippen molar-refractivity contribution in [1.82, 2.24) is 10.3 Å². The van der Waals surface area contributed by atoms with E-state index < -0.39 is 0 Å². The van der Waals surface area contributed by atoms with Crippen LogP contribution in [-0.4, -0.2) is 19.1 Å². The Morgan fingerprint density at radius 1 is 1.26 bits per heavy atom. The van der Waals surface area contributed by atoms with Crippen molar-refractivity contribution in [3.05, 3.63) is 47.1 Å². The molecule has 2 rings (SSSR count). The molecule has 1 heterocycles. The molecular formula is C14H15ClN2O2. The summed E-state index contributed by atoms with van der Waals surface area (Å²) in [5.74, 6) is 1.59. The summed E-state index contributed by atoms with van der Waals surface area (Å²) in [6.45, 7) is 0.710. The van der Waals surface area contributed by atoms with E-state index in [0.717, 1.165) is 5.56 Å². The van der Waals surface area contributed by atoms with Crippen LogP contribution in [0.25, 0.3) is 0 Å². The summed E-state index contributed by atoms with van der Waals surface area (Å²) >= 11 is 6.15. The Morgan fingerprint density at radius 2 is 2.00 bits per heavy atom. The fourth-order valence-corrected chi connectivity index (χ4v) is 1.88. The first kappa shape index (κ1) is 13.6. The zero-order chi connectivity index (χ0) is 13.7. The van der Waals surface area contributed by atoms with E-state index in [0.29, 0.717) is 28.9 Å². The minimum Gasteiger partial charge on any atom is -0.493 e. The van der Waals surface area contributed by atoms with Crippen molar-refractivity contribution in [2.45, 2.75) is 6.54 Å². The fraction of sp³-hybridized carbons (Fsp3) is 0.214. The number of aromatic nitrogens is 1. The first-order chi connectivity index (χ1) is 9.24. The number of benzene rings is 1. The number of rotatable bonds is 5. The van der Waals surface area contributed by atoms with Gasteiger partial charge < -0.3 is 14.8 Å². The van der Waals surface area contributed by atoms with Gasteiger partial charge in [-0.05, 0) is 30.8 Å². The molecule has 0 amide bonds. The minimum atomic E-state index is 0.367. The lowest BCUT2D eigenvalue weighted by molar-refractivity contribution is 0.374. The molecule has 1 aromatic carbocycles. The van der Waals surface area contributed by atoms with Crippen LogP contribution in [0.2, 0.25) is 5.02 Å². The predicted octanol–water partition coefficient (Wildman–Crippen LogP) is 3.26. The van der Waals surface area contributed by atoms with Crippen LogP contribution in [-0.2, 0) is 6.54 Å². The molecule has 1 N–H and O–H groups in total. The highest BCUT2D eigenvalue weighted by Crippen LogP contribution is 2.33. The van der Waals surface area contributed by atoms with E-state index in [9.17, 15) is 0 Å². The highest BCUT2D eigenvalue weighted by molar-refractivity contribution is 6.31. The van der Waals surface area contributed by atoms with Gasteiger partial charge in [0.15, 0.2) is 11.5 Å². The maximum atomic E-state index is 6.15. The molecule has 0 aliphatic carbocycles. The van der Waals surface area contributed by atoms with Crippen molar-refractivity contribution in [1.29, 1.82) is 0 Å². The lowest BCUT2D eigenvalue weighted by Gasteiger charge is -2.10. The van der Waals surface area contributed by atoms with Crippen LogP contribution in [0.1, 0.15) is 5.56 Å². The van der Waals surface area contributed by atoms with Gasteiger partial charge in [0, 0.05) is 12.7 Å². The van der Waals surface area contributed by atoms with Gasteiger partial charge in [-0.25, -0.2) is 4.98 Å². The normalized spacial score (nSPS) is 10.3. The van der Waals surface area contributed by atoms with Crippen LogP contribution in [0, 0.1) is 0 Å². The third-order valence-corrected chi connectivity index (χ3v) is 2.79. The molecule has 0 radical (unpaired) electrons. The zero-order valence-corrected chi connectivity index (χ0v) is 11.6. The molecule has 0 saturated heterocycles. The molecule has 100 valence electrons. The first-order valence-electron chi connectivity index (χ1n) is 5.84. The summed E-state index contributed by atoms with van der Waals surface area (Å²) in [6, 6.07) is 9.19. The quantitative estimate of drug-likeness (QED) is 0.912. The van der Waals surface area contributed by atoms with Gasteiger partial charge >= 0.3 is 0 Å². The molecule has 0 fully saturated rings. The van der Waals surface area contributed by atoms with Crippen molar-refractivity contribution >= 4 is 11.6 Å². The van der Waals surface area contributed by atoms with E-state index >= 15 is 0 Å². The maximum Gasteiger partial charge on any atom is 0.238 e. The van der Waals surface area contributed by atoms with Crippen LogP contribution < -0.4 is 14.8 Å². The SMILES string of the molecule is CNCc1cnc(Oc2ccccc2OC)c(Cl)c1. The second-order valence-electron chi connectivity index (χ2n) is 3.91. The van der Waals surface area contributed by atoms with Crippen LogP contribution in [0.5, 0.6) is 17.4 Å². The number of halogens is 1. The maximum absolute atomic E-state index is 6.15. The molecule has 0 unspecified atom stereocenters. The topological polar surface area (TPSA) is 43.4 Å². The molecule has 0 saturated carbocycles. The standard InChI is InChI=1S/C14H15ClN2O2/c1-16-8-10-7-11(15)14(17-9-10)19-13-6-4-3-5-12(13)18-2/h3-7,9,16H,8H2,1-2H3. The molecule has 0 bridgehead atoms. The molecule has 0 aliphatic heterocycles.